The second-order valence-corrected chi connectivity index (χ2v) is 8.29. The van der Waals surface area contributed by atoms with Crippen molar-refractivity contribution >= 4 is 9.52 Å². The Morgan fingerprint density at radius 2 is 1.55 bits per heavy atom. The second-order valence-electron chi connectivity index (χ2n) is 6.54. The molecule has 0 amide bonds. The molecule has 0 spiro atoms. The first-order valence-electron chi connectivity index (χ1n) is 8.95. The van der Waals surface area contributed by atoms with Gasteiger partial charge in [-0.25, -0.2) is 0 Å². The van der Waals surface area contributed by atoms with E-state index in [1.165, 1.54) is 77.2 Å². The summed E-state index contributed by atoms with van der Waals surface area (Å²) in [6, 6.07) is 1.49. The van der Waals surface area contributed by atoms with Crippen LogP contribution in [0.2, 0.25) is 6.04 Å². The molecule has 0 bridgehead atoms. The predicted octanol–water partition coefficient (Wildman–Crippen LogP) is 3.19. The molecular formula is C17H34N2Si. The first-order valence-corrected chi connectivity index (χ1v) is 10.8. The molecule has 20 heavy (non-hydrogen) atoms. The van der Waals surface area contributed by atoms with Gasteiger partial charge in [0.15, 0.2) is 0 Å². The van der Waals surface area contributed by atoms with Gasteiger partial charge in [0.1, 0.15) is 0 Å². The fourth-order valence-electron chi connectivity index (χ4n) is 4.24. The average Bonchev–Trinajstić information content (AvgIpc) is 3.16. The summed E-state index contributed by atoms with van der Waals surface area (Å²) in [7, 11) is 0.0740. The molecular weight excluding hydrogens is 260 g/mol. The van der Waals surface area contributed by atoms with Crippen LogP contribution in [0.15, 0.2) is 11.8 Å². The molecule has 0 aromatic rings. The molecule has 116 valence electrons. The molecule has 0 unspecified atom stereocenters. The molecule has 2 fully saturated rings. The Bertz CT molecular complexity index is 275. The molecule has 2 aliphatic heterocycles. The van der Waals surface area contributed by atoms with Gasteiger partial charge in [-0.05, 0) is 71.6 Å². The minimum absolute atomic E-state index is 0.0740. The third-order valence-electron chi connectivity index (χ3n) is 5.39. The Balaban J connectivity index is 1.97. The van der Waals surface area contributed by atoms with Gasteiger partial charge in [0, 0.05) is 9.52 Å². The fraction of sp³-hybridized carbons (Fsp3) is 0.882. The molecule has 2 saturated heterocycles. The number of allylic oxidation sites excluding steroid dienone is 1. The quantitative estimate of drug-likeness (QED) is 0.501. The summed E-state index contributed by atoms with van der Waals surface area (Å²) < 4.78 is 0. The highest BCUT2D eigenvalue weighted by Crippen LogP contribution is 2.35. The molecule has 3 heteroatoms. The van der Waals surface area contributed by atoms with E-state index in [9.17, 15) is 0 Å². The number of rotatable bonds is 8. The van der Waals surface area contributed by atoms with Crippen LogP contribution in [0.1, 0.15) is 58.8 Å². The zero-order valence-corrected chi connectivity index (χ0v) is 15.2. The monoisotopic (exact) mass is 294 g/mol. The summed E-state index contributed by atoms with van der Waals surface area (Å²) in [5.41, 5.74) is 2.87. The third-order valence-corrected chi connectivity index (χ3v) is 7.10. The molecule has 0 aromatic heterocycles. The first-order chi connectivity index (χ1) is 9.83. The third kappa shape index (κ3) is 3.74. The largest absolute Gasteiger partial charge is 0.285 e. The lowest BCUT2D eigenvalue weighted by Crippen LogP contribution is -2.58. The lowest BCUT2D eigenvalue weighted by atomic mass is 9.96. The van der Waals surface area contributed by atoms with E-state index in [2.05, 4.69) is 35.4 Å². The molecule has 0 radical (unpaired) electrons. The van der Waals surface area contributed by atoms with Gasteiger partial charge in [-0.1, -0.05) is 25.5 Å². The molecule has 0 aromatic carbocycles. The van der Waals surface area contributed by atoms with Crippen LogP contribution in [0, 0.1) is 0 Å². The Hall–Kier alpha value is -0.123. The number of nitrogens with zero attached hydrogens (tertiary/aromatic N) is 2. The van der Waals surface area contributed by atoms with E-state index in [-0.39, 0.29) is 9.52 Å². The summed E-state index contributed by atoms with van der Waals surface area (Å²) in [4.78, 5) is 5.69. The van der Waals surface area contributed by atoms with E-state index in [1.807, 2.05) is 0 Å². The Morgan fingerprint density at radius 3 is 2.00 bits per heavy atom. The van der Waals surface area contributed by atoms with Gasteiger partial charge in [-0.3, -0.25) is 9.80 Å². The summed E-state index contributed by atoms with van der Waals surface area (Å²) in [5.74, 6) is 0. The highest BCUT2D eigenvalue weighted by Gasteiger charge is 2.41. The Labute approximate surface area is 128 Å². The van der Waals surface area contributed by atoms with Crippen LogP contribution >= 0.6 is 0 Å². The minimum atomic E-state index is 0.0740. The van der Waals surface area contributed by atoms with Gasteiger partial charge in [0.2, 0.25) is 0 Å². The lowest BCUT2D eigenvalue weighted by Gasteiger charge is -2.48. The minimum Gasteiger partial charge on any atom is -0.285 e. The van der Waals surface area contributed by atoms with Gasteiger partial charge in [-0.2, -0.15) is 0 Å². The van der Waals surface area contributed by atoms with Crippen molar-refractivity contribution in [3.05, 3.63) is 11.8 Å². The number of hydrogen-bond donors (Lipinski definition) is 0. The van der Waals surface area contributed by atoms with Crippen LogP contribution in [0.25, 0.3) is 0 Å². The first kappa shape index (κ1) is 16.3. The van der Waals surface area contributed by atoms with Crippen molar-refractivity contribution in [2.24, 2.45) is 0 Å². The summed E-state index contributed by atoms with van der Waals surface area (Å²) >= 11 is 0. The Kier molecular flexibility index (Phi) is 6.79. The number of hydrogen-bond acceptors (Lipinski definition) is 2. The maximum absolute atomic E-state index is 2.84. The molecule has 2 aliphatic rings. The highest BCUT2D eigenvalue weighted by atomic mass is 28.2. The van der Waals surface area contributed by atoms with Gasteiger partial charge in [0.25, 0.3) is 0 Å². The topological polar surface area (TPSA) is 6.48 Å². The van der Waals surface area contributed by atoms with Crippen LogP contribution in [-0.4, -0.2) is 51.2 Å². The van der Waals surface area contributed by atoms with Gasteiger partial charge < -0.3 is 0 Å². The average molecular weight is 295 g/mol. The van der Waals surface area contributed by atoms with Crippen molar-refractivity contribution in [2.45, 2.75) is 70.5 Å². The smallest absolute Gasteiger partial charge is 0.0734 e. The molecule has 0 N–H and O–H groups in total. The molecule has 0 aliphatic carbocycles. The van der Waals surface area contributed by atoms with Crippen LogP contribution in [-0.2, 0) is 0 Å². The van der Waals surface area contributed by atoms with E-state index in [0.29, 0.717) is 5.66 Å². The lowest BCUT2D eigenvalue weighted by molar-refractivity contribution is -0.0447. The summed E-state index contributed by atoms with van der Waals surface area (Å²) in [6.07, 6.45) is 12.1. The highest BCUT2D eigenvalue weighted by molar-refractivity contribution is 6.41. The van der Waals surface area contributed by atoms with E-state index in [1.54, 1.807) is 0 Å². The zero-order chi connectivity index (χ0) is 14.3. The molecule has 0 atom stereocenters. The molecule has 0 saturated carbocycles. The Morgan fingerprint density at radius 1 is 1.00 bits per heavy atom. The van der Waals surface area contributed by atoms with E-state index >= 15 is 0 Å². The molecule has 2 nitrogen and oxygen atoms in total. The predicted molar refractivity (Wildman–Crippen MR) is 92.0 cm³/mol. The van der Waals surface area contributed by atoms with E-state index in [0.717, 1.165) is 0 Å². The molecule has 2 rings (SSSR count). The SMILES string of the molecule is C/C=C\[SiH2]CCCC(CC)(N1CCCC1)N1CCCC1. The molecule has 2 heterocycles. The van der Waals surface area contributed by atoms with Crippen LogP contribution in [0.4, 0.5) is 0 Å². The van der Waals surface area contributed by atoms with Crippen LogP contribution in [0.5, 0.6) is 0 Å². The van der Waals surface area contributed by atoms with Crippen molar-refractivity contribution < 1.29 is 0 Å². The second kappa shape index (κ2) is 8.35. The van der Waals surface area contributed by atoms with Crippen molar-refractivity contribution in [3.8, 4) is 0 Å². The summed E-state index contributed by atoms with van der Waals surface area (Å²) in [5, 5.41) is 0. The van der Waals surface area contributed by atoms with Crippen molar-refractivity contribution in [1.29, 1.82) is 0 Å². The van der Waals surface area contributed by atoms with Crippen molar-refractivity contribution in [2.75, 3.05) is 26.2 Å². The van der Waals surface area contributed by atoms with Crippen LogP contribution in [0.3, 0.4) is 0 Å². The normalized spacial score (nSPS) is 22.9. The maximum atomic E-state index is 2.84. The van der Waals surface area contributed by atoms with Crippen LogP contribution < -0.4 is 0 Å². The fourth-order valence-corrected chi connectivity index (χ4v) is 5.35. The maximum Gasteiger partial charge on any atom is 0.0734 e. The summed E-state index contributed by atoms with van der Waals surface area (Å²) in [6.45, 7) is 9.97. The van der Waals surface area contributed by atoms with E-state index < -0.39 is 0 Å². The standard InChI is InChI=1S/C17H34N2Si/c1-3-15-20-16-9-10-17(4-2,18-11-5-6-12-18)19-13-7-8-14-19/h3,15H,4-14,16,20H2,1-2H3/b15-3-. The number of likely N-dealkylation sites (tertiary alicyclic amines) is 2. The van der Waals surface area contributed by atoms with Gasteiger partial charge in [-0.15, -0.1) is 5.70 Å². The van der Waals surface area contributed by atoms with Crippen molar-refractivity contribution in [1.82, 2.24) is 9.80 Å². The van der Waals surface area contributed by atoms with Crippen molar-refractivity contribution in [3.63, 3.8) is 0 Å². The zero-order valence-electron chi connectivity index (χ0n) is 13.7. The van der Waals surface area contributed by atoms with E-state index in [4.69, 9.17) is 0 Å². The van der Waals surface area contributed by atoms with Gasteiger partial charge in [0.05, 0.1) is 5.66 Å². The van der Waals surface area contributed by atoms with Gasteiger partial charge >= 0.3 is 0 Å².